The number of carboxylic acids is 1. The predicted octanol–water partition coefficient (Wildman–Crippen LogP) is 19.8. The van der Waals surface area contributed by atoms with Crippen molar-refractivity contribution < 1.29 is 42.9 Å². The highest BCUT2D eigenvalue weighted by Crippen LogP contribution is 2.16. The first kappa shape index (κ1) is 80.2. The van der Waals surface area contributed by atoms with Crippen LogP contribution in [0.4, 0.5) is 0 Å². The highest BCUT2D eigenvalue weighted by Gasteiger charge is 2.22. The van der Waals surface area contributed by atoms with Gasteiger partial charge in [-0.25, -0.2) is 0 Å². The van der Waals surface area contributed by atoms with Crippen molar-refractivity contribution >= 4 is 17.9 Å². The molecule has 85 heavy (non-hydrogen) atoms. The number of hydrogen-bond donors (Lipinski definition) is 0. The minimum Gasteiger partial charge on any atom is -0.545 e. The van der Waals surface area contributed by atoms with Gasteiger partial charge in [0.2, 0.25) is 0 Å². The second-order valence-corrected chi connectivity index (χ2v) is 23.3. The molecule has 2 atom stereocenters. The Morgan fingerprint density at radius 1 is 0.353 bits per heavy atom. The van der Waals surface area contributed by atoms with E-state index in [1.807, 2.05) is 21.1 Å². The van der Waals surface area contributed by atoms with Gasteiger partial charge in [-0.15, -0.1) is 0 Å². The summed E-state index contributed by atoms with van der Waals surface area (Å²) in [6.07, 6.45) is 92.0. The Hall–Kier alpha value is -4.83. The van der Waals surface area contributed by atoms with Crippen LogP contribution in [0, 0.1) is 0 Å². The average molecular weight is 1180 g/mol. The maximum absolute atomic E-state index is 12.9. The zero-order valence-electron chi connectivity index (χ0n) is 54.9. The SMILES string of the molecule is CC/C=C\C/C=C\C/C=C\C/C=C\C/C=C\C/C=C\C/C=C\CCCCCCCC(=O)OC(COC(=O)CCCCCCCCCCCCCCCCCCC/C=C\C/C=C\C/C=C\C/C=C\C/C=C\CC)COC(OCC[N+](C)(C)C)C(=O)[O-]. The van der Waals surface area contributed by atoms with Gasteiger partial charge < -0.3 is 33.3 Å². The Morgan fingerprint density at radius 3 is 0.941 bits per heavy atom. The van der Waals surface area contributed by atoms with E-state index >= 15 is 0 Å². The summed E-state index contributed by atoms with van der Waals surface area (Å²) >= 11 is 0. The van der Waals surface area contributed by atoms with E-state index in [0.29, 0.717) is 17.4 Å². The fourth-order valence-corrected chi connectivity index (χ4v) is 8.96. The summed E-state index contributed by atoms with van der Waals surface area (Å²) in [5.41, 5.74) is 0. The van der Waals surface area contributed by atoms with Crippen molar-refractivity contribution in [3.8, 4) is 0 Å². The van der Waals surface area contributed by atoms with Gasteiger partial charge in [-0.3, -0.25) is 9.59 Å². The van der Waals surface area contributed by atoms with Crippen LogP contribution in [-0.2, 0) is 33.3 Å². The molecule has 0 N–H and O–H groups in total. The number of ether oxygens (including phenoxy) is 4. The van der Waals surface area contributed by atoms with Gasteiger partial charge in [0.15, 0.2) is 12.4 Å². The number of unbranched alkanes of at least 4 members (excludes halogenated alkanes) is 22. The van der Waals surface area contributed by atoms with Crippen molar-refractivity contribution in [2.24, 2.45) is 0 Å². The third-order valence-corrected chi connectivity index (χ3v) is 14.1. The first-order chi connectivity index (χ1) is 41.6. The minimum atomic E-state index is -1.64. The molecule has 0 saturated heterocycles. The summed E-state index contributed by atoms with van der Waals surface area (Å²) in [5.74, 6) is -2.32. The van der Waals surface area contributed by atoms with Crippen LogP contribution in [0.2, 0.25) is 0 Å². The molecule has 0 aromatic carbocycles. The van der Waals surface area contributed by atoms with E-state index in [1.165, 1.54) is 96.3 Å². The molecule has 0 saturated carbocycles. The number of carbonyl (C=O) groups is 3. The maximum Gasteiger partial charge on any atom is 0.306 e. The van der Waals surface area contributed by atoms with Crippen LogP contribution in [-0.4, -0.2) is 82.3 Å². The quantitative estimate of drug-likeness (QED) is 0.0195. The van der Waals surface area contributed by atoms with E-state index < -0.39 is 24.3 Å². The number of nitrogens with zero attached hydrogens (tertiary/aromatic N) is 1. The van der Waals surface area contributed by atoms with E-state index in [9.17, 15) is 19.5 Å². The molecule has 0 rings (SSSR count). The Bertz CT molecular complexity index is 1900. The molecule has 0 aromatic heterocycles. The number of rotatable bonds is 61. The molecule has 0 spiro atoms. The van der Waals surface area contributed by atoms with E-state index in [-0.39, 0.29) is 38.6 Å². The van der Waals surface area contributed by atoms with E-state index in [1.54, 1.807) is 0 Å². The topological polar surface area (TPSA) is 111 Å². The van der Waals surface area contributed by atoms with Crippen LogP contribution in [0.25, 0.3) is 0 Å². The molecule has 0 amide bonds. The third-order valence-electron chi connectivity index (χ3n) is 14.1. The molecule has 0 fully saturated rings. The molecular formula is C76H125NO8. The smallest absolute Gasteiger partial charge is 0.306 e. The lowest BCUT2D eigenvalue weighted by atomic mass is 10.0. The number of esters is 2. The van der Waals surface area contributed by atoms with E-state index in [0.717, 1.165) is 128 Å². The van der Waals surface area contributed by atoms with Gasteiger partial charge in [-0.2, -0.15) is 0 Å². The van der Waals surface area contributed by atoms with Crippen LogP contribution in [0.5, 0.6) is 0 Å². The van der Waals surface area contributed by atoms with Crippen LogP contribution >= 0.6 is 0 Å². The number of allylic oxidation sites excluding steroid dienone is 24. The number of quaternary nitrogens is 1. The van der Waals surface area contributed by atoms with Crippen molar-refractivity contribution in [1.82, 2.24) is 0 Å². The number of carboxylic acid groups (broad SMARTS) is 1. The Kier molecular flexibility index (Phi) is 61.4. The molecule has 9 nitrogen and oxygen atoms in total. The molecule has 2 unspecified atom stereocenters. The fourth-order valence-electron chi connectivity index (χ4n) is 8.96. The molecular weight excluding hydrogens is 1050 g/mol. The lowest BCUT2D eigenvalue weighted by Gasteiger charge is -2.26. The largest absolute Gasteiger partial charge is 0.545 e. The monoisotopic (exact) mass is 1180 g/mol. The first-order valence-corrected chi connectivity index (χ1v) is 34.0. The number of aliphatic carboxylic acids is 1. The molecule has 0 aliphatic heterocycles. The molecule has 0 radical (unpaired) electrons. The Labute approximate surface area is 522 Å². The van der Waals surface area contributed by atoms with Crippen molar-refractivity contribution in [2.75, 3.05) is 47.5 Å². The van der Waals surface area contributed by atoms with Crippen molar-refractivity contribution in [3.63, 3.8) is 0 Å². The molecule has 9 heteroatoms. The summed E-state index contributed by atoms with van der Waals surface area (Å²) in [4.78, 5) is 37.5. The van der Waals surface area contributed by atoms with Crippen LogP contribution < -0.4 is 5.11 Å². The van der Waals surface area contributed by atoms with Crippen molar-refractivity contribution in [1.29, 1.82) is 0 Å². The third kappa shape index (κ3) is 66.5. The summed E-state index contributed by atoms with van der Waals surface area (Å²) in [6.45, 7) is 4.49. The molecule has 482 valence electrons. The molecule has 0 aromatic rings. The van der Waals surface area contributed by atoms with Gasteiger partial charge in [0.25, 0.3) is 0 Å². The van der Waals surface area contributed by atoms with Gasteiger partial charge in [-0.05, 0) is 116 Å². The Balaban J connectivity index is 4.19. The van der Waals surface area contributed by atoms with Crippen molar-refractivity contribution in [3.05, 3.63) is 146 Å². The zero-order chi connectivity index (χ0) is 61.9. The van der Waals surface area contributed by atoms with Gasteiger partial charge in [0.05, 0.1) is 40.3 Å². The average Bonchev–Trinajstić information content (AvgIpc) is 3.48. The molecule has 0 aliphatic rings. The van der Waals surface area contributed by atoms with E-state index in [4.69, 9.17) is 18.9 Å². The highest BCUT2D eigenvalue weighted by molar-refractivity contribution is 5.70. The predicted molar refractivity (Wildman–Crippen MR) is 361 cm³/mol. The lowest BCUT2D eigenvalue weighted by Crippen LogP contribution is -2.44. The molecule has 0 heterocycles. The standard InChI is InChI=1S/C76H125NO8/c1-6-8-10-12-14-16-18-20-22-24-26-28-30-32-34-35-36-37-38-39-41-42-44-46-48-50-52-54-56-58-60-62-64-66-73(78)83-70-72(71-84-76(75(80)81)82-69-68-77(3,4)5)85-74(79)67-65-63-61-59-57-55-53-51-49-47-45-43-40-33-31-29-27-25-23-21-19-17-15-13-11-9-7-2/h8-11,14-17,20-23,26-29,32-34,40,45,47,51,53,72,76H,6-7,12-13,18-19,24-25,30-31,35-39,41-44,46,48-50,52,54-71H2,1-5H3/b10-8-,11-9-,16-14-,17-15-,22-20-,23-21-,28-26-,29-27-,34-32-,40-33-,47-45-,53-51-. The highest BCUT2D eigenvalue weighted by atomic mass is 16.7. The number of likely N-dealkylation sites (N-methyl/N-ethyl adjacent to an activating group) is 1. The van der Waals surface area contributed by atoms with E-state index in [2.05, 4.69) is 160 Å². The second kappa shape index (κ2) is 65.2. The van der Waals surface area contributed by atoms with Crippen LogP contribution in [0.3, 0.4) is 0 Å². The lowest BCUT2D eigenvalue weighted by molar-refractivity contribution is -0.870. The second-order valence-electron chi connectivity index (χ2n) is 23.3. The van der Waals surface area contributed by atoms with Crippen molar-refractivity contribution in [2.45, 2.75) is 270 Å². The zero-order valence-corrected chi connectivity index (χ0v) is 54.9. The summed E-state index contributed by atoms with van der Waals surface area (Å²) < 4.78 is 22.8. The maximum atomic E-state index is 12.9. The summed E-state index contributed by atoms with van der Waals surface area (Å²) in [6, 6.07) is 0. The van der Waals surface area contributed by atoms with Gasteiger partial charge in [0.1, 0.15) is 13.2 Å². The van der Waals surface area contributed by atoms with Gasteiger partial charge in [-0.1, -0.05) is 275 Å². The normalized spacial score (nSPS) is 13.7. The van der Waals surface area contributed by atoms with Crippen LogP contribution in [0.15, 0.2) is 146 Å². The number of hydrogen-bond acceptors (Lipinski definition) is 8. The number of carbonyl (C=O) groups excluding carboxylic acids is 3. The van der Waals surface area contributed by atoms with Gasteiger partial charge >= 0.3 is 11.9 Å². The van der Waals surface area contributed by atoms with Gasteiger partial charge in [0, 0.05) is 12.8 Å². The summed E-state index contributed by atoms with van der Waals surface area (Å²) in [7, 11) is 5.91. The summed E-state index contributed by atoms with van der Waals surface area (Å²) in [5, 5.41) is 11.8. The van der Waals surface area contributed by atoms with Crippen LogP contribution in [0.1, 0.15) is 258 Å². The Morgan fingerprint density at radius 2 is 0.635 bits per heavy atom. The minimum absolute atomic E-state index is 0.137. The fraction of sp³-hybridized carbons (Fsp3) is 0.645. The molecule has 0 aliphatic carbocycles. The molecule has 0 bridgehead atoms. The first-order valence-electron chi connectivity index (χ1n) is 34.0.